The molecule has 3 N–H and O–H groups in total. The highest BCUT2D eigenvalue weighted by atomic mass is 19.1. The van der Waals surface area contributed by atoms with Crippen molar-refractivity contribution in [3.8, 4) is 0 Å². The third kappa shape index (κ3) is 5.71. The lowest BCUT2D eigenvalue weighted by atomic mass is 10.1. The van der Waals surface area contributed by atoms with Crippen LogP contribution in [0.5, 0.6) is 0 Å². The van der Waals surface area contributed by atoms with E-state index in [1.165, 1.54) is 6.07 Å². The molecule has 0 heterocycles. The first-order valence-electron chi connectivity index (χ1n) is 7.43. The minimum atomic E-state index is -0.621. The number of carbonyl (C=O) groups excluding carboxylic acids is 2. The van der Waals surface area contributed by atoms with Crippen molar-refractivity contribution < 1.29 is 14.0 Å². The van der Waals surface area contributed by atoms with Crippen LogP contribution in [-0.2, 0) is 11.3 Å². The summed E-state index contributed by atoms with van der Waals surface area (Å²) in [6.45, 7) is 7.44. The van der Waals surface area contributed by atoms with E-state index in [-0.39, 0.29) is 24.3 Å². The number of carbonyl (C=O) groups is 2. The fourth-order valence-corrected chi connectivity index (χ4v) is 1.78. The van der Waals surface area contributed by atoms with E-state index >= 15 is 0 Å². The molecule has 0 spiro atoms. The summed E-state index contributed by atoms with van der Waals surface area (Å²) in [7, 11) is 0. The van der Waals surface area contributed by atoms with Gasteiger partial charge < -0.3 is 16.0 Å². The maximum Gasteiger partial charge on any atom is 0.315 e. The molecule has 3 amide bonds. The first kappa shape index (κ1) is 17.9. The van der Waals surface area contributed by atoms with Gasteiger partial charge in [0.05, 0.1) is 0 Å². The van der Waals surface area contributed by atoms with Crippen molar-refractivity contribution in [3.63, 3.8) is 0 Å². The van der Waals surface area contributed by atoms with Gasteiger partial charge in [-0.3, -0.25) is 4.79 Å². The maximum atomic E-state index is 13.1. The molecule has 1 aromatic carbocycles. The van der Waals surface area contributed by atoms with Gasteiger partial charge in [-0.15, -0.1) is 0 Å². The standard InChI is InChI=1S/C16H24FN3O2/c1-5-11(3)19-15(21)12(4)20-16(22)18-9-13-6-7-14(17)10(2)8-13/h6-8,11-12H,5,9H2,1-4H3,(H,19,21)(H2,18,20,22)/t11-,12-/m1/s1. The first-order valence-corrected chi connectivity index (χ1v) is 7.43. The van der Waals surface area contributed by atoms with Crippen molar-refractivity contribution in [3.05, 3.63) is 35.1 Å². The zero-order valence-electron chi connectivity index (χ0n) is 13.5. The molecule has 0 aliphatic rings. The number of urea groups is 1. The molecule has 1 aromatic rings. The zero-order valence-corrected chi connectivity index (χ0v) is 13.5. The number of nitrogens with one attached hydrogen (secondary N) is 3. The van der Waals surface area contributed by atoms with Gasteiger partial charge in [0.15, 0.2) is 0 Å². The molecular formula is C16H24FN3O2. The molecule has 0 bridgehead atoms. The third-order valence-electron chi connectivity index (χ3n) is 3.42. The van der Waals surface area contributed by atoms with Gasteiger partial charge in [0.1, 0.15) is 11.9 Å². The minimum absolute atomic E-state index is 0.0713. The van der Waals surface area contributed by atoms with Gasteiger partial charge >= 0.3 is 6.03 Å². The third-order valence-corrected chi connectivity index (χ3v) is 3.42. The number of amides is 3. The summed E-state index contributed by atoms with van der Waals surface area (Å²) in [6.07, 6.45) is 0.828. The Morgan fingerprint density at radius 2 is 1.91 bits per heavy atom. The number of hydrogen-bond acceptors (Lipinski definition) is 2. The highest BCUT2D eigenvalue weighted by Crippen LogP contribution is 2.08. The molecule has 5 nitrogen and oxygen atoms in total. The van der Waals surface area contributed by atoms with Crippen LogP contribution in [0.4, 0.5) is 9.18 Å². The molecule has 0 unspecified atom stereocenters. The number of aryl methyl sites for hydroxylation is 1. The molecule has 0 radical (unpaired) electrons. The van der Waals surface area contributed by atoms with Crippen molar-refractivity contribution in [2.24, 2.45) is 0 Å². The van der Waals surface area contributed by atoms with E-state index in [0.29, 0.717) is 5.56 Å². The minimum Gasteiger partial charge on any atom is -0.352 e. The highest BCUT2D eigenvalue weighted by molar-refractivity contribution is 5.86. The topological polar surface area (TPSA) is 70.2 Å². The Morgan fingerprint density at radius 3 is 2.50 bits per heavy atom. The summed E-state index contributed by atoms with van der Waals surface area (Å²) in [4.78, 5) is 23.6. The van der Waals surface area contributed by atoms with E-state index in [2.05, 4.69) is 16.0 Å². The van der Waals surface area contributed by atoms with Gasteiger partial charge in [-0.2, -0.15) is 0 Å². The SMILES string of the molecule is CC[C@@H](C)NC(=O)[C@@H](C)NC(=O)NCc1ccc(F)c(C)c1. The monoisotopic (exact) mass is 309 g/mol. The van der Waals surface area contributed by atoms with E-state index < -0.39 is 12.1 Å². The summed E-state index contributed by atoms with van der Waals surface area (Å²) in [5.74, 6) is -0.495. The summed E-state index contributed by atoms with van der Waals surface area (Å²) < 4.78 is 13.1. The molecule has 0 aromatic heterocycles. The molecular weight excluding hydrogens is 285 g/mol. The van der Waals surface area contributed by atoms with Gasteiger partial charge in [-0.1, -0.05) is 19.1 Å². The molecule has 6 heteroatoms. The summed E-state index contributed by atoms with van der Waals surface area (Å²) in [5, 5.41) is 8.01. The predicted molar refractivity (Wildman–Crippen MR) is 83.9 cm³/mol. The summed E-state index contributed by atoms with van der Waals surface area (Å²) >= 11 is 0. The molecule has 1 rings (SSSR count). The number of rotatable bonds is 6. The number of halogens is 1. The molecule has 22 heavy (non-hydrogen) atoms. The molecule has 0 fully saturated rings. The number of hydrogen-bond donors (Lipinski definition) is 3. The van der Waals surface area contributed by atoms with Gasteiger partial charge in [-0.05, 0) is 44.4 Å². The van der Waals surface area contributed by atoms with E-state index in [9.17, 15) is 14.0 Å². The Hall–Kier alpha value is -2.11. The van der Waals surface area contributed by atoms with Gasteiger partial charge in [-0.25, -0.2) is 9.18 Å². The lowest BCUT2D eigenvalue weighted by molar-refractivity contribution is -0.123. The second kappa shape index (κ2) is 8.36. The predicted octanol–water partition coefficient (Wildman–Crippen LogP) is 2.24. The molecule has 0 aliphatic heterocycles. The van der Waals surface area contributed by atoms with Gasteiger partial charge in [0.25, 0.3) is 0 Å². The van der Waals surface area contributed by atoms with Crippen LogP contribution in [0.3, 0.4) is 0 Å². The van der Waals surface area contributed by atoms with Gasteiger partial charge in [0, 0.05) is 12.6 Å². The van der Waals surface area contributed by atoms with E-state index in [4.69, 9.17) is 0 Å². The molecule has 2 atom stereocenters. The lowest BCUT2D eigenvalue weighted by Gasteiger charge is -2.17. The van der Waals surface area contributed by atoms with Crippen LogP contribution in [0.2, 0.25) is 0 Å². The van der Waals surface area contributed by atoms with Crippen molar-refractivity contribution in [1.82, 2.24) is 16.0 Å². The highest BCUT2D eigenvalue weighted by Gasteiger charge is 2.16. The quantitative estimate of drug-likeness (QED) is 0.754. The Morgan fingerprint density at radius 1 is 1.23 bits per heavy atom. The first-order chi connectivity index (χ1) is 10.3. The lowest BCUT2D eigenvalue weighted by Crippen LogP contribution is -2.49. The van der Waals surface area contributed by atoms with Crippen LogP contribution in [-0.4, -0.2) is 24.0 Å². The second-order valence-electron chi connectivity index (χ2n) is 5.45. The van der Waals surface area contributed by atoms with E-state index in [0.717, 1.165) is 12.0 Å². The van der Waals surface area contributed by atoms with Crippen LogP contribution in [0.1, 0.15) is 38.3 Å². The largest absolute Gasteiger partial charge is 0.352 e. The molecule has 0 saturated heterocycles. The van der Waals surface area contributed by atoms with Crippen molar-refractivity contribution in [2.45, 2.75) is 52.7 Å². The van der Waals surface area contributed by atoms with Crippen molar-refractivity contribution in [2.75, 3.05) is 0 Å². The summed E-state index contributed by atoms with van der Waals surface area (Å²) in [6, 6.07) is 3.67. The summed E-state index contributed by atoms with van der Waals surface area (Å²) in [5.41, 5.74) is 1.33. The molecule has 0 aliphatic carbocycles. The average molecular weight is 309 g/mol. The fourth-order valence-electron chi connectivity index (χ4n) is 1.78. The van der Waals surface area contributed by atoms with Crippen LogP contribution < -0.4 is 16.0 Å². The second-order valence-corrected chi connectivity index (χ2v) is 5.45. The van der Waals surface area contributed by atoms with Gasteiger partial charge in [0.2, 0.25) is 5.91 Å². The van der Waals surface area contributed by atoms with E-state index in [1.807, 2.05) is 13.8 Å². The van der Waals surface area contributed by atoms with Crippen LogP contribution >= 0.6 is 0 Å². The van der Waals surface area contributed by atoms with Crippen LogP contribution in [0, 0.1) is 12.7 Å². The molecule has 0 saturated carbocycles. The average Bonchev–Trinajstić information content (AvgIpc) is 2.48. The van der Waals surface area contributed by atoms with Crippen molar-refractivity contribution in [1.29, 1.82) is 0 Å². The number of benzene rings is 1. The van der Waals surface area contributed by atoms with Crippen LogP contribution in [0.25, 0.3) is 0 Å². The Bertz CT molecular complexity index is 534. The smallest absolute Gasteiger partial charge is 0.315 e. The van der Waals surface area contributed by atoms with Crippen LogP contribution in [0.15, 0.2) is 18.2 Å². The van der Waals surface area contributed by atoms with Crippen molar-refractivity contribution >= 4 is 11.9 Å². The Kier molecular flexibility index (Phi) is 6.82. The molecule has 122 valence electrons. The maximum absolute atomic E-state index is 13.1. The normalized spacial score (nSPS) is 13.1. The fraction of sp³-hybridized carbons (Fsp3) is 0.500. The zero-order chi connectivity index (χ0) is 16.7. The van der Waals surface area contributed by atoms with E-state index in [1.54, 1.807) is 26.0 Å². The Labute approximate surface area is 130 Å². The Balaban J connectivity index is 2.42.